The van der Waals surface area contributed by atoms with Gasteiger partial charge < -0.3 is 10.4 Å². The van der Waals surface area contributed by atoms with E-state index in [-0.39, 0.29) is 5.69 Å². The first-order chi connectivity index (χ1) is 11.6. The van der Waals surface area contributed by atoms with Gasteiger partial charge in [-0.1, -0.05) is 31.7 Å². The summed E-state index contributed by atoms with van der Waals surface area (Å²) in [4.78, 5) is 28.7. The van der Waals surface area contributed by atoms with Gasteiger partial charge in [-0.25, -0.2) is 14.5 Å². The van der Waals surface area contributed by atoms with Crippen molar-refractivity contribution in [2.45, 2.75) is 44.1 Å². The van der Waals surface area contributed by atoms with Crippen LogP contribution in [0.1, 0.15) is 49.0 Å². The Bertz CT molecular complexity index is 719. The Balaban J connectivity index is 1.83. The van der Waals surface area contributed by atoms with Crippen LogP contribution in [0, 0.1) is 0 Å². The maximum Gasteiger partial charge on any atom is 0.329 e. The number of rotatable bonds is 4. The van der Waals surface area contributed by atoms with Crippen molar-refractivity contribution < 1.29 is 14.7 Å². The van der Waals surface area contributed by atoms with Crippen molar-refractivity contribution in [1.29, 1.82) is 0 Å². The first-order valence-electron chi connectivity index (χ1n) is 8.14. The molecule has 1 amide bonds. The van der Waals surface area contributed by atoms with Crippen LogP contribution in [0.15, 0.2) is 36.7 Å². The number of amides is 1. The minimum absolute atomic E-state index is 0.188. The van der Waals surface area contributed by atoms with Crippen LogP contribution in [0.5, 0.6) is 0 Å². The van der Waals surface area contributed by atoms with E-state index in [1.807, 2.05) is 0 Å². The van der Waals surface area contributed by atoms with Crippen LogP contribution in [0.4, 0.5) is 0 Å². The molecule has 7 nitrogen and oxygen atoms in total. The van der Waals surface area contributed by atoms with E-state index in [1.54, 1.807) is 41.3 Å². The summed E-state index contributed by atoms with van der Waals surface area (Å²) in [5, 5.41) is 16.5. The molecule has 0 spiro atoms. The zero-order valence-corrected chi connectivity index (χ0v) is 13.3. The fraction of sp³-hybridized carbons (Fsp3) is 0.412. The van der Waals surface area contributed by atoms with Gasteiger partial charge in [0.2, 0.25) is 0 Å². The Morgan fingerprint density at radius 2 is 1.88 bits per heavy atom. The van der Waals surface area contributed by atoms with Gasteiger partial charge in [-0.05, 0) is 31.0 Å². The normalized spacial score (nSPS) is 17.0. The molecule has 1 aliphatic rings. The molecule has 0 saturated heterocycles. The predicted molar refractivity (Wildman–Crippen MR) is 86.9 cm³/mol. The number of hydrogen-bond acceptors (Lipinski definition) is 4. The Kier molecular flexibility index (Phi) is 4.59. The second-order valence-corrected chi connectivity index (χ2v) is 6.09. The number of nitrogens with zero attached hydrogens (tertiary/aromatic N) is 3. The number of pyridine rings is 1. The smallest absolute Gasteiger partial charge is 0.329 e. The SMILES string of the molecule is O=C(NC1(C(=O)O)CCCCCC1)c1cccc(-n2cccn2)n1. The van der Waals surface area contributed by atoms with Crippen molar-refractivity contribution in [1.82, 2.24) is 20.1 Å². The van der Waals surface area contributed by atoms with Crippen LogP contribution in [0.3, 0.4) is 0 Å². The second kappa shape index (κ2) is 6.82. The van der Waals surface area contributed by atoms with Crippen LogP contribution >= 0.6 is 0 Å². The van der Waals surface area contributed by atoms with E-state index in [9.17, 15) is 14.7 Å². The van der Waals surface area contributed by atoms with E-state index in [1.165, 1.54) is 0 Å². The highest BCUT2D eigenvalue weighted by Gasteiger charge is 2.40. The van der Waals surface area contributed by atoms with E-state index in [4.69, 9.17) is 0 Å². The lowest BCUT2D eigenvalue weighted by Gasteiger charge is -2.29. The van der Waals surface area contributed by atoms with Crippen molar-refractivity contribution in [2.75, 3.05) is 0 Å². The van der Waals surface area contributed by atoms with Gasteiger partial charge in [-0.15, -0.1) is 0 Å². The molecule has 0 aliphatic heterocycles. The fourth-order valence-electron chi connectivity index (χ4n) is 3.09. The van der Waals surface area contributed by atoms with E-state index < -0.39 is 17.4 Å². The van der Waals surface area contributed by atoms with Gasteiger partial charge in [-0.3, -0.25) is 4.79 Å². The molecular formula is C17H20N4O3. The molecular weight excluding hydrogens is 308 g/mol. The van der Waals surface area contributed by atoms with Gasteiger partial charge in [0, 0.05) is 12.4 Å². The molecule has 1 saturated carbocycles. The highest BCUT2D eigenvalue weighted by atomic mass is 16.4. The lowest BCUT2D eigenvalue weighted by atomic mass is 9.90. The number of aromatic nitrogens is 3. The van der Waals surface area contributed by atoms with Crippen LogP contribution in [0.25, 0.3) is 5.82 Å². The minimum Gasteiger partial charge on any atom is -0.480 e. The zero-order chi connectivity index (χ0) is 17.0. The lowest BCUT2D eigenvalue weighted by molar-refractivity contribution is -0.145. The largest absolute Gasteiger partial charge is 0.480 e. The van der Waals surface area contributed by atoms with Gasteiger partial charge in [0.15, 0.2) is 5.82 Å². The van der Waals surface area contributed by atoms with Crippen molar-refractivity contribution in [3.8, 4) is 5.82 Å². The second-order valence-electron chi connectivity index (χ2n) is 6.09. The standard InChI is InChI=1S/C17H20N4O3/c22-15(20-17(16(23)24)9-3-1-2-4-10-17)13-7-5-8-14(19-13)21-12-6-11-18-21/h5-8,11-12H,1-4,9-10H2,(H,20,22)(H,23,24). The number of hydrogen-bond donors (Lipinski definition) is 2. The molecule has 2 heterocycles. The van der Waals surface area contributed by atoms with Crippen LogP contribution in [0.2, 0.25) is 0 Å². The molecule has 126 valence electrons. The lowest BCUT2D eigenvalue weighted by Crippen LogP contribution is -2.54. The average Bonchev–Trinajstić information content (AvgIpc) is 3.02. The minimum atomic E-state index is -1.20. The molecule has 1 fully saturated rings. The zero-order valence-electron chi connectivity index (χ0n) is 13.3. The summed E-state index contributed by atoms with van der Waals surface area (Å²) >= 11 is 0. The highest BCUT2D eigenvalue weighted by molar-refractivity contribution is 5.96. The molecule has 3 rings (SSSR count). The molecule has 0 radical (unpaired) electrons. The number of carboxylic acids is 1. The Morgan fingerprint density at radius 3 is 2.50 bits per heavy atom. The summed E-state index contributed by atoms with van der Waals surface area (Å²) in [5.41, 5.74) is -1.01. The molecule has 1 aliphatic carbocycles. The summed E-state index contributed by atoms with van der Waals surface area (Å²) in [6, 6.07) is 6.79. The molecule has 7 heteroatoms. The maximum atomic E-state index is 12.6. The number of nitrogens with one attached hydrogen (secondary N) is 1. The van der Waals surface area contributed by atoms with Gasteiger partial charge in [0.05, 0.1) is 0 Å². The van der Waals surface area contributed by atoms with E-state index >= 15 is 0 Å². The summed E-state index contributed by atoms with van der Waals surface area (Å²) in [6.07, 6.45) is 7.85. The summed E-state index contributed by atoms with van der Waals surface area (Å²) < 4.78 is 1.55. The Labute approximate surface area is 139 Å². The fourth-order valence-corrected chi connectivity index (χ4v) is 3.09. The van der Waals surface area contributed by atoms with Crippen molar-refractivity contribution in [3.63, 3.8) is 0 Å². The molecule has 24 heavy (non-hydrogen) atoms. The molecule has 0 atom stereocenters. The van der Waals surface area contributed by atoms with Gasteiger partial charge in [-0.2, -0.15) is 5.10 Å². The molecule has 0 bridgehead atoms. The molecule has 0 unspecified atom stereocenters. The quantitative estimate of drug-likeness (QED) is 0.838. The summed E-state index contributed by atoms with van der Waals surface area (Å²) in [5.74, 6) is -0.924. The van der Waals surface area contributed by atoms with Crippen LogP contribution in [-0.2, 0) is 4.79 Å². The topological polar surface area (TPSA) is 97.1 Å². The van der Waals surface area contributed by atoms with Crippen molar-refractivity contribution >= 4 is 11.9 Å². The number of carbonyl (C=O) groups is 2. The number of carbonyl (C=O) groups excluding carboxylic acids is 1. The first-order valence-corrected chi connectivity index (χ1v) is 8.14. The van der Waals surface area contributed by atoms with Crippen molar-refractivity contribution in [2.24, 2.45) is 0 Å². The van der Waals surface area contributed by atoms with Gasteiger partial charge in [0.1, 0.15) is 11.2 Å². The van der Waals surface area contributed by atoms with Gasteiger partial charge >= 0.3 is 5.97 Å². The molecule has 2 aromatic rings. The predicted octanol–water partition coefficient (Wildman–Crippen LogP) is 2.17. The van der Waals surface area contributed by atoms with E-state index in [2.05, 4.69) is 15.4 Å². The highest BCUT2D eigenvalue weighted by Crippen LogP contribution is 2.27. The molecule has 2 aromatic heterocycles. The van der Waals surface area contributed by atoms with Crippen LogP contribution in [-0.4, -0.2) is 37.3 Å². The van der Waals surface area contributed by atoms with Crippen molar-refractivity contribution in [3.05, 3.63) is 42.4 Å². The monoisotopic (exact) mass is 328 g/mol. The third kappa shape index (κ3) is 3.29. The average molecular weight is 328 g/mol. The Hall–Kier alpha value is -2.70. The molecule has 2 N–H and O–H groups in total. The third-order valence-corrected chi connectivity index (χ3v) is 4.43. The maximum absolute atomic E-state index is 12.6. The van der Waals surface area contributed by atoms with E-state index in [0.717, 1.165) is 25.7 Å². The molecule has 0 aromatic carbocycles. The summed E-state index contributed by atoms with van der Waals surface area (Å²) in [7, 11) is 0. The van der Waals surface area contributed by atoms with Crippen LogP contribution < -0.4 is 5.32 Å². The third-order valence-electron chi connectivity index (χ3n) is 4.43. The van der Waals surface area contributed by atoms with Gasteiger partial charge in [0.25, 0.3) is 5.91 Å². The Morgan fingerprint density at radius 1 is 1.12 bits per heavy atom. The number of aliphatic carboxylic acids is 1. The summed E-state index contributed by atoms with van der Waals surface area (Å²) in [6.45, 7) is 0. The van der Waals surface area contributed by atoms with E-state index in [0.29, 0.717) is 18.7 Å². The first kappa shape index (κ1) is 16.2. The number of carboxylic acid groups (broad SMARTS) is 1.